The molecule has 0 aliphatic carbocycles. The van der Waals surface area contributed by atoms with Gasteiger partial charge in [0.1, 0.15) is 0 Å². The highest BCUT2D eigenvalue weighted by molar-refractivity contribution is 5.77. The third kappa shape index (κ3) is 1.74. The van der Waals surface area contributed by atoms with Gasteiger partial charge >= 0.3 is 6.03 Å². The van der Waals surface area contributed by atoms with Gasteiger partial charge in [0.15, 0.2) is 0 Å². The van der Waals surface area contributed by atoms with Crippen molar-refractivity contribution in [1.29, 1.82) is 5.26 Å². The zero-order chi connectivity index (χ0) is 11.5. The molecule has 0 radical (unpaired) electrons. The first kappa shape index (κ1) is 10.6. The van der Waals surface area contributed by atoms with Crippen molar-refractivity contribution in [2.45, 2.75) is 12.5 Å². The molecule has 84 valence electrons. The summed E-state index contributed by atoms with van der Waals surface area (Å²) < 4.78 is 0. The number of amides is 2. The van der Waals surface area contributed by atoms with Crippen LogP contribution in [-0.4, -0.2) is 41.0 Å². The van der Waals surface area contributed by atoms with E-state index in [-0.39, 0.29) is 12.1 Å². The molecule has 1 fully saturated rings. The SMILES string of the molecule is CN1C(=O)N(CCC#N)CC1c1ccc[nH]1. The van der Waals surface area contributed by atoms with Gasteiger partial charge < -0.3 is 14.8 Å². The summed E-state index contributed by atoms with van der Waals surface area (Å²) in [5, 5.41) is 8.52. The second-order valence-corrected chi connectivity index (χ2v) is 3.89. The number of carbonyl (C=O) groups is 1. The summed E-state index contributed by atoms with van der Waals surface area (Å²) in [6.07, 6.45) is 2.24. The number of carbonyl (C=O) groups excluding carboxylic acids is 1. The largest absolute Gasteiger partial charge is 0.363 e. The van der Waals surface area contributed by atoms with E-state index >= 15 is 0 Å². The molecule has 1 unspecified atom stereocenters. The zero-order valence-electron chi connectivity index (χ0n) is 9.18. The van der Waals surface area contributed by atoms with Crippen LogP contribution < -0.4 is 0 Å². The maximum absolute atomic E-state index is 11.8. The van der Waals surface area contributed by atoms with Gasteiger partial charge in [-0.2, -0.15) is 5.26 Å². The van der Waals surface area contributed by atoms with E-state index in [0.717, 1.165) is 5.69 Å². The molecule has 1 saturated heterocycles. The number of urea groups is 1. The van der Waals surface area contributed by atoms with Crippen molar-refractivity contribution >= 4 is 6.03 Å². The lowest BCUT2D eigenvalue weighted by Crippen LogP contribution is -2.30. The normalized spacial score (nSPS) is 20.2. The van der Waals surface area contributed by atoms with Gasteiger partial charge in [-0.15, -0.1) is 0 Å². The molecule has 2 rings (SSSR count). The first-order valence-electron chi connectivity index (χ1n) is 5.26. The predicted molar refractivity (Wildman–Crippen MR) is 58.5 cm³/mol. The fraction of sp³-hybridized carbons (Fsp3) is 0.455. The van der Waals surface area contributed by atoms with Gasteiger partial charge in [-0.3, -0.25) is 0 Å². The van der Waals surface area contributed by atoms with Crippen molar-refractivity contribution in [2.24, 2.45) is 0 Å². The topological polar surface area (TPSA) is 63.1 Å². The Hall–Kier alpha value is -1.96. The van der Waals surface area contributed by atoms with Crippen LogP contribution in [0, 0.1) is 11.3 Å². The van der Waals surface area contributed by atoms with E-state index in [1.165, 1.54) is 0 Å². The van der Waals surface area contributed by atoms with Crippen molar-refractivity contribution in [3.05, 3.63) is 24.0 Å². The lowest BCUT2D eigenvalue weighted by Gasteiger charge is -2.16. The maximum atomic E-state index is 11.8. The molecule has 1 atom stereocenters. The van der Waals surface area contributed by atoms with E-state index in [4.69, 9.17) is 5.26 Å². The Labute approximate surface area is 94.3 Å². The summed E-state index contributed by atoms with van der Waals surface area (Å²) in [6.45, 7) is 1.16. The zero-order valence-corrected chi connectivity index (χ0v) is 9.18. The number of aromatic amines is 1. The Morgan fingerprint density at radius 2 is 2.50 bits per heavy atom. The van der Waals surface area contributed by atoms with Gasteiger partial charge in [0.05, 0.1) is 18.5 Å². The standard InChI is InChI=1S/C11H14N4O/c1-14-10(9-4-2-6-13-9)8-15(11(14)16)7-3-5-12/h2,4,6,10,13H,3,7-8H2,1H3. The molecule has 1 aliphatic rings. The van der Waals surface area contributed by atoms with Crippen LogP contribution >= 0.6 is 0 Å². The average molecular weight is 218 g/mol. The summed E-state index contributed by atoms with van der Waals surface area (Å²) in [5.41, 5.74) is 1.04. The Balaban J connectivity index is 2.09. The lowest BCUT2D eigenvalue weighted by atomic mass is 10.2. The quantitative estimate of drug-likeness (QED) is 0.832. The third-order valence-electron chi connectivity index (χ3n) is 2.91. The van der Waals surface area contributed by atoms with Crippen LogP contribution in [-0.2, 0) is 0 Å². The second-order valence-electron chi connectivity index (χ2n) is 3.89. The summed E-state index contributed by atoms with van der Waals surface area (Å²) in [4.78, 5) is 18.4. The number of hydrogen-bond acceptors (Lipinski definition) is 2. The fourth-order valence-electron chi connectivity index (χ4n) is 2.00. The number of nitrogens with one attached hydrogen (secondary N) is 1. The monoisotopic (exact) mass is 218 g/mol. The molecule has 0 bridgehead atoms. The number of rotatable bonds is 3. The summed E-state index contributed by atoms with van der Waals surface area (Å²) >= 11 is 0. The molecular weight excluding hydrogens is 204 g/mol. The number of H-pyrrole nitrogens is 1. The molecule has 1 aromatic heterocycles. The van der Waals surface area contributed by atoms with E-state index in [0.29, 0.717) is 19.5 Å². The number of aromatic nitrogens is 1. The van der Waals surface area contributed by atoms with Crippen LogP contribution in [0.25, 0.3) is 0 Å². The van der Waals surface area contributed by atoms with Gasteiger partial charge in [0.25, 0.3) is 0 Å². The minimum atomic E-state index is -0.00477. The minimum absolute atomic E-state index is 0.00477. The van der Waals surface area contributed by atoms with Crippen molar-refractivity contribution in [2.75, 3.05) is 20.1 Å². The van der Waals surface area contributed by atoms with Crippen molar-refractivity contribution in [1.82, 2.24) is 14.8 Å². The molecule has 1 aromatic rings. The van der Waals surface area contributed by atoms with Crippen molar-refractivity contribution < 1.29 is 4.79 Å². The van der Waals surface area contributed by atoms with Crippen LogP contribution in [0.1, 0.15) is 18.2 Å². The summed E-state index contributed by atoms with van der Waals surface area (Å²) in [6, 6.07) is 6.02. The first-order chi connectivity index (χ1) is 7.74. The van der Waals surface area contributed by atoms with Gasteiger partial charge in [-0.1, -0.05) is 0 Å². The highest BCUT2D eigenvalue weighted by Crippen LogP contribution is 2.26. The molecule has 2 amide bonds. The van der Waals surface area contributed by atoms with Crippen LogP contribution in [0.5, 0.6) is 0 Å². The molecule has 0 saturated carbocycles. The van der Waals surface area contributed by atoms with E-state index in [2.05, 4.69) is 11.1 Å². The Morgan fingerprint density at radius 3 is 3.12 bits per heavy atom. The van der Waals surface area contributed by atoms with Gasteiger partial charge in [0.2, 0.25) is 0 Å². The lowest BCUT2D eigenvalue weighted by molar-refractivity contribution is 0.196. The number of nitrogens with zero attached hydrogens (tertiary/aromatic N) is 3. The predicted octanol–water partition coefficient (Wildman–Crippen LogP) is 1.34. The molecule has 5 nitrogen and oxygen atoms in total. The van der Waals surface area contributed by atoms with E-state index in [9.17, 15) is 4.79 Å². The first-order valence-corrected chi connectivity index (χ1v) is 5.26. The molecular formula is C11H14N4O. The maximum Gasteiger partial charge on any atom is 0.320 e. The second kappa shape index (κ2) is 4.27. The molecule has 1 aliphatic heterocycles. The van der Waals surface area contributed by atoms with E-state index < -0.39 is 0 Å². The van der Waals surface area contributed by atoms with Crippen LogP contribution in [0.15, 0.2) is 18.3 Å². The van der Waals surface area contributed by atoms with Crippen molar-refractivity contribution in [3.63, 3.8) is 0 Å². The summed E-state index contributed by atoms with van der Waals surface area (Å²) in [7, 11) is 1.79. The van der Waals surface area contributed by atoms with Crippen molar-refractivity contribution in [3.8, 4) is 6.07 Å². The number of likely N-dealkylation sites (N-methyl/N-ethyl adjacent to an activating group) is 1. The van der Waals surface area contributed by atoms with Crippen LogP contribution in [0.4, 0.5) is 4.79 Å². The Morgan fingerprint density at radius 1 is 1.69 bits per heavy atom. The molecule has 0 aromatic carbocycles. The molecule has 5 heteroatoms. The van der Waals surface area contributed by atoms with Crippen LogP contribution in [0.2, 0.25) is 0 Å². The Bertz CT molecular complexity index is 406. The van der Waals surface area contributed by atoms with E-state index in [1.807, 2.05) is 18.3 Å². The van der Waals surface area contributed by atoms with Gasteiger partial charge in [0, 0.05) is 32.0 Å². The third-order valence-corrected chi connectivity index (χ3v) is 2.91. The highest BCUT2D eigenvalue weighted by atomic mass is 16.2. The smallest absolute Gasteiger partial charge is 0.320 e. The van der Waals surface area contributed by atoms with Gasteiger partial charge in [-0.25, -0.2) is 4.79 Å². The number of nitriles is 1. The highest BCUT2D eigenvalue weighted by Gasteiger charge is 2.35. The van der Waals surface area contributed by atoms with Gasteiger partial charge in [-0.05, 0) is 12.1 Å². The fourth-order valence-corrected chi connectivity index (χ4v) is 2.00. The summed E-state index contributed by atoms with van der Waals surface area (Å²) in [5.74, 6) is 0. The van der Waals surface area contributed by atoms with Crippen LogP contribution in [0.3, 0.4) is 0 Å². The minimum Gasteiger partial charge on any atom is -0.363 e. The molecule has 0 spiro atoms. The molecule has 2 heterocycles. The number of hydrogen-bond donors (Lipinski definition) is 1. The molecule has 1 N–H and O–H groups in total. The average Bonchev–Trinajstić information content (AvgIpc) is 2.88. The van der Waals surface area contributed by atoms with E-state index in [1.54, 1.807) is 16.8 Å². The Kier molecular flexibility index (Phi) is 2.82. The molecule has 16 heavy (non-hydrogen) atoms.